The molecule has 0 heterocycles. The average molecular weight is 272 g/mol. The molecule has 0 saturated heterocycles. The summed E-state index contributed by atoms with van der Waals surface area (Å²) in [6.07, 6.45) is 0. The van der Waals surface area contributed by atoms with Gasteiger partial charge in [-0.2, -0.15) is 0 Å². The summed E-state index contributed by atoms with van der Waals surface area (Å²) in [6, 6.07) is 18.9. The highest BCUT2D eigenvalue weighted by Crippen LogP contribution is 2.32. The van der Waals surface area contributed by atoms with Gasteiger partial charge in [0.1, 0.15) is 0 Å². The molecule has 2 aromatic rings. The lowest BCUT2D eigenvalue weighted by atomic mass is 10.3. The first-order chi connectivity index (χ1) is 9.25. The number of anilines is 1. The van der Waals surface area contributed by atoms with Crippen LogP contribution in [0.2, 0.25) is 0 Å². The van der Waals surface area contributed by atoms with Crippen LogP contribution in [0, 0.1) is 0 Å². The fourth-order valence-electron chi connectivity index (χ4n) is 1.73. The van der Waals surface area contributed by atoms with Crippen LogP contribution >= 0.6 is 11.8 Å². The van der Waals surface area contributed by atoms with Crippen molar-refractivity contribution in [3.05, 3.63) is 54.6 Å². The third-order valence-corrected chi connectivity index (χ3v) is 3.82. The normalized spacial score (nSPS) is 10.7. The molecular formula is C16H20N2S. The highest BCUT2D eigenvalue weighted by atomic mass is 32.2. The molecule has 100 valence electrons. The zero-order chi connectivity index (χ0) is 13.5. The highest BCUT2D eigenvalue weighted by Gasteiger charge is 2.03. The molecule has 0 radical (unpaired) electrons. The SMILES string of the molecule is CN(C)CCNc1ccccc1Sc1ccccc1. The van der Waals surface area contributed by atoms with E-state index in [0.29, 0.717) is 0 Å². The predicted molar refractivity (Wildman–Crippen MR) is 84.1 cm³/mol. The number of rotatable bonds is 6. The largest absolute Gasteiger partial charge is 0.383 e. The maximum absolute atomic E-state index is 3.50. The second-order valence-corrected chi connectivity index (χ2v) is 5.76. The second-order valence-electron chi connectivity index (χ2n) is 4.64. The molecule has 2 nitrogen and oxygen atoms in total. The number of likely N-dealkylation sites (N-methyl/N-ethyl adjacent to an activating group) is 1. The molecule has 0 aromatic heterocycles. The summed E-state index contributed by atoms with van der Waals surface area (Å²) < 4.78 is 0. The lowest BCUT2D eigenvalue weighted by molar-refractivity contribution is 0.425. The molecule has 0 aliphatic rings. The first-order valence-corrected chi connectivity index (χ1v) is 7.28. The van der Waals surface area contributed by atoms with Gasteiger partial charge < -0.3 is 10.2 Å². The molecule has 0 amide bonds. The number of hydrogen-bond donors (Lipinski definition) is 1. The number of benzene rings is 2. The van der Waals surface area contributed by atoms with Gasteiger partial charge in [0.2, 0.25) is 0 Å². The van der Waals surface area contributed by atoms with Crippen molar-refractivity contribution in [3.8, 4) is 0 Å². The molecule has 2 aromatic carbocycles. The summed E-state index contributed by atoms with van der Waals surface area (Å²) in [6.45, 7) is 1.99. The zero-order valence-electron chi connectivity index (χ0n) is 11.5. The Morgan fingerprint density at radius 2 is 1.63 bits per heavy atom. The van der Waals surface area contributed by atoms with Gasteiger partial charge in [0, 0.05) is 28.6 Å². The van der Waals surface area contributed by atoms with Gasteiger partial charge >= 0.3 is 0 Å². The van der Waals surface area contributed by atoms with Crippen LogP contribution in [0.3, 0.4) is 0 Å². The van der Waals surface area contributed by atoms with Gasteiger partial charge in [-0.05, 0) is 38.4 Å². The van der Waals surface area contributed by atoms with E-state index < -0.39 is 0 Å². The third kappa shape index (κ3) is 4.62. The molecule has 0 unspecified atom stereocenters. The first kappa shape index (κ1) is 14.0. The van der Waals surface area contributed by atoms with Crippen LogP contribution in [0.5, 0.6) is 0 Å². The van der Waals surface area contributed by atoms with Crippen molar-refractivity contribution in [1.29, 1.82) is 0 Å². The fraction of sp³-hybridized carbons (Fsp3) is 0.250. The molecule has 19 heavy (non-hydrogen) atoms. The van der Waals surface area contributed by atoms with Crippen molar-refractivity contribution in [2.24, 2.45) is 0 Å². The Balaban J connectivity index is 2.04. The van der Waals surface area contributed by atoms with Gasteiger partial charge in [0.25, 0.3) is 0 Å². The monoisotopic (exact) mass is 272 g/mol. The molecule has 0 atom stereocenters. The van der Waals surface area contributed by atoms with Crippen molar-refractivity contribution in [2.75, 3.05) is 32.5 Å². The average Bonchev–Trinajstić information content (AvgIpc) is 2.41. The van der Waals surface area contributed by atoms with Gasteiger partial charge in [0.15, 0.2) is 0 Å². The molecule has 2 rings (SSSR count). The smallest absolute Gasteiger partial charge is 0.0482 e. The number of nitrogens with zero attached hydrogens (tertiary/aromatic N) is 1. The molecule has 0 saturated carbocycles. The van der Waals surface area contributed by atoms with E-state index in [9.17, 15) is 0 Å². The molecule has 0 aliphatic heterocycles. The Hall–Kier alpha value is -1.45. The van der Waals surface area contributed by atoms with Gasteiger partial charge in [-0.1, -0.05) is 42.1 Å². The molecule has 0 bridgehead atoms. The van der Waals surface area contributed by atoms with Crippen LogP contribution in [0.25, 0.3) is 0 Å². The number of para-hydroxylation sites is 1. The summed E-state index contributed by atoms with van der Waals surface area (Å²) in [7, 11) is 4.18. The summed E-state index contributed by atoms with van der Waals surface area (Å²) in [5.41, 5.74) is 1.21. The van der Waals surface area contributed by atoms with Crippen LogP contribution in [-0.2, 0) is 0 Å². The van der Waals surface area contributed by atoms with E-state index in [1.54, 1.807) is 11.8 Å². The minimum absolute atomic E-state index is 0.958. The van der Waals surface area contributed by atoms with E-state index in [1.165, 1.54) is 15.5 Å². The molecule has 0 aliphatic carbocycles. The number of hydrogen-bond acceptors (Lipinski definition) is 3. The van der Waals surface area contributed by atoms with Crippen LogP contribution in [0.1, 0.15) is 0 Å². The van der Waals surface area contributed by atoms with Crippen LogP contribution in [0.15, 0.2) is 64.4 Å². The second kappa shape index (κ2) is 7.22. The predicted octanol–water partition coefficient (Wildman–Crippen LogP) is 3.81. The lowest BCUT2D eigenvalue weighted by Crippen LogP contribution is -2.20. The molecule has 0 fully saturated rings. The minimum Gasteiger partial charge on any atom is -0.383 e. The van der Waals surface area contributed by atoms with Crippen LogP contribution < -0.4 is 5.32 Å². The van der Waals surface area contributed by atoms with E-state index in [4.69, 9.17) is 0 Å². The Kier molecular flexibility index (Phi) is 5.31. The minimum atomic E-state index is 0.958. The fourth-order valence-corrected chi connectivity index (χ4v) is 2.68. The lowest BCUT2D eigenvalue weighted by Gasteiger charge is -2.14. The Bertz CT molecular complexity index is 497. The zero-order valence-corrected chi connectivity index (χ0v) is 12.3. The van der Waals surface area contributed by atoms with E-state index in [0.717, 1.165) is 13.1 Å². The van der Waals surface area contributed by atoms with Crippen molar-refractivity contribution < 1.29 is 0 Å². The van der Waals surface area contributed by atoms with Gasteiger partial charge in [-0.15, -0.1) is 0 Å². The van der Waals surface area contributed by atoms with E-state index >= 15 is 0 Å². The summed E-state index contributed by atoms with van der Waals surface area (Å²) >= 11 is 1.80. The van der Waals surface area contributed by atoms with Crippen molar-refractivity contribution >= 4 is 17.4 Å². The maximum Gasteiger partial charge on any atom is 0.0482 e. The van der Waals surface area contributed by atoms with Gasteiger partial charge in [-0.3, -0.25) is 0 Å². The van der Waals surface area contributed by atoms with E-state index in [1.807, 2.05) is 6.07 Å². The van der Waals surface area contributed by atoms with Gasteiger partial charge in [-0.25, -0.2) is 0 Å². The maximum atomic E-state index is 3.50. The Labute approximate surface area is 119 Å². The summed E-state index contributed by atoms with van der Waals surface area (Å²) in [5.74, 6) is 0. The van der Waals surface area contributed by atoms with E-state index in [2.05, 4.69) is 72.8 Å². The van der Waals surface area contributed by atoms with E-state index in [-0.39, 0.29) is 0 Å². The number of nitrogens with one attached hydrogen (secondary N) is 1. The third-order valence-electron chi connectivity index (χ3n) is 2.73. The summed E-state index contributed by atoms with van der Waals surface area (Å²) in [5, 5.41) is 3.50. The topological polar surface area (TPSA) is 15.3 Å². The van der Waals surface area contributed by atoms with Crippen LogP contribution in [0.4, 0.5) is 5.69 Å². The highest BCUT2D eigenvalue weighted by molar-refractivity contribution is 7.99. The molecule has 0 spiro atoms. The molecule has 1 N–H and O–H groups in total. The Morgan fingerprint density at radius 3 is 2.37 bits per heavy atom. The Morgan fingerprint density at radius 1 is 0.947 bits per heavy atom. The molecule has 3 heteroatoms. The van der Waals surface area contributed by atoms with Gasteiger partial charge in [0.05, 0.1) is 0 Å². The summed E-state index contributed by atoms with van der Waals surface area (Å²) in [4.78, 5) is 4.72. The standard InChI is InChI=1S/C16H20N2S/c1-18(2)13-12-17-15-10-6-7-11-16(15)19-14-8-4-3-5-9-14/h3-11,17H,12-13H2,1-2H3. The quantitative estimate of drug-likeness (QED) is 0.861. The van der Waals surface area contributed by atoms with Crippen molar-refractivity contribution in [3.63, 3.8) is 0 Å². The van der Waals surface area contributed by atoms with Crippen LogP contribution in [-0.4, -0.2) is 32.1 Å². The first-order valence-electron chi connectivity index (χ1n) is 6.46. The van der Waals surface area contributed by atoms with Crippen molar-refractivity contribution in [1.82, 2.24) is 4.90 Å². The molecular weight excluding hydrogens is 252 g/mol. The van der Waals surface area contributed by atoms with Crippen molar-refractivity contribution in [2.45, 2.75) is 9.79 Å².